The third-order valence-corrected chi connectivity index (χ3v) is 4.41. The van der Waals surface area contributed by atoms with Gasteiger partial charge in [0.05, 0.1) is 4.47 Å². The second-order valence-corrected chi connectivity index (χ2v) is 6.76. The van der Waals surface area contributed by atoms with Crippen LogP contribution >= 0.6 is 15.9 Å². The fourth-order valence-electron chi connectivity index (χ4n) is 2.52. The van der Waals surface area contributed by atoms with Gasteiger partial charge >= 0.3 is 0 Å². The molecule has 0 fully saturated rings. The van der Waals surface area contributed by atoms with E-state index in [9.17, 15) is 4.39 Å². The van der Waals surface area contributed by atoms with Gasteiger partial charge in [-0.3, -0.25) is 0 Å². The Kier molecular flexibility index (Phi) is 5.71. The summed E-state index contributed by atoms with van der Waals surface area (Å²) in [4.78, 5) is 0. The SMILES string of the molecule is Cc1cccc(NCc2ccc(OCc3cccc(F)c3)c(Br)c2)c1. The van der Waals surface area contributed by atoms with E-state index >= 15 is 0 Å². The fraction of sp³-hybridized carbons (Fsp3) is 0.143. The van der Waals surface area contributed by atoms with E-state index in [0.717, 1.165) is 33.6 Å². The summed E-state index contributed by atoms with van der Waals surface area (Å²) >= 11 is 3.55. The molecule has 1 N–H and O–H groups in total. The summed E-state index contributed by atoms with van der Waals surface area (Å²) in [7, 11) is 0. The van der Waals surface area contributed by atoms with E-state index in [4.69, 9.17) is 4.74 Å². The van der Waals surface area contributed by atoms with E-state index in [1.54, 1.807) is 6.07 Å². The number of benzene rings is 3. The molecule has 3 aromatic rings. The molecule has 0 aliphatic rings. The molecule has 0 radical (unpaired) electrons. The molecule has 3 aromatic carbocycles. The van der Waals surface area contributed by atoms with Gasteiger partial charge in [-0.25, -0.2) is 4.39 Å². The minimum absolute atomic E-state index is 0.252. The van der Waals surface area contributed by atoms with Gasteiger partial charge in [0.2, 0.25) is 0 Å². The molecule has 3 rings (SSSR count). The minimum Gasteiger partial charge on any atom is -0.488 e. The molecule has 25 heavy (non-hydrogen) atoms. The number of aryl methyl sites for hydroxylation is 1. The molecule has 0 unspecified atom stereocenters. The van der Waals surface area contributed by atoms with Gasteiger partial charge in [-0.1, -0.05) is 30.3 Å². The van der Waals surface area contributed by atoms with Crippen molar-refractivity contribution in [1.29, 1.82) is 0 Å². The first-order chi connectivity index (χ1) is 12.1. The Bertz CT molecular complexity index is 866. The van der Waals surface area contributed by atoms with Gasteiger partial charge in [-0.15, -0.1) is 0 Å². The highest BCUT2D eigenvalue weighted by atomic mass is 79.9. The quantitative estimate of drug-likeness (QED) is 0.541. The predicted octanol–water partition coefficient (Wildman–Crippen LogP) is 6.09. The number of nitrogens with one attached hydrogen (secondary N) is 1. The Labute approximate surface area is 155 Å². The topological polar surface area (TPSA) is 21.3 Å². The van der Waals surface area contributed by atoms with Gasteiger partial charge < -0.3 is 10.1 Å². The van der Waals surface area contributed by atoms with E-state index in [0.29, 0.717) is 6.61 Å². The second kappa shape index (κ2) is 8.17. The summed E-state index contributed by atoms with van der Waals surface area (Å²) in [6.45, 7) is 3.13. The Balaban J connectivity index is 1.60. The molecule has 0 bridgehead atoms. The molecular formula is C21H19BrFNO. The molecule has 0 aliphatic heterocycles. The van der Waals surface area contributed by atoms with E-state index in [1.165, 1.54) is 17.7 Å². The van der Waals surface area contributed by atoms with Crippen LogP contribution in [-0.2, 0) is 13.2 Å². The molecule has 0 aromatic heterocycles. The van der Waals surface area contributed by atoms with Crippen LogP contribution in [-0.4, -0.2) is 0 Å². The predicted molar refractivity (Wildman–Crippen MR) is 103 cm³/mol. The average Bonchev–Trinajstić information content (AvgIpc) is 2.59. The first-order valence-electron chi connectivity index (χ1n) is 8.06. The molecule has 0 atom stereocenters. The van der Waals surface area contributed by atoms with Crippen molar-refractivity contribution in [3.63, 3.8) is 0 Å². The van der Waals surface area contributed by atoms with Crippen LogP contribution in [0.3, 0.4) is 0 Å². The number of ether oxygens (including phenoxy) is 1. The fourth-order valence-corrected chi connectivity index (χ4v) is 3.06. The van der Waals surface area contributed by atoms with Crippen LogP contribution in [0.25, 0.3) is 0 Å². The molecule has 0 aliphatic carbocycles. The monoisotopic (exact) mass is 399 g/mol. The van der Waals surface area contributed by atoms with Crippen molar-refractivity contribution in [3.05, 3.63) is 93.7 Å². The number of hydrogen-bond donors (Lipinski definition) is 1. The van der Waals surface area contributed by atoms with Crippen LogP contribution in [0.15, 0.2) is 71.2 Å². The first kappa shape index (κ1) is 17.5. The summed E-state index contributed by atoms with van der Waals surface area (Å²) in [6.07, 6.45) is 0. The molecule has 2 nitrogen and oxygen atoms in total. The van der Waals surface area contributed by atoms with Crippen molar-refractivity contribution in [3.8, 4) is 5.75 Å². The smallest absolute Gasteiger partial charge is 0.134 e. The Morgan fingerprint density at radius 3 is 2.56 bits per heavy atom. The van der Waals surface area contributed by atoms with Crippen LogP contribution in [0.4, 0.5) is 10.1 Å². The van der Waals surface area contributed by atoms with Gasteiger partial charge in [0.1, 0.15) is 18.2 Å². The van der Waals surface area contributed by atoms with E-state index in [2.05, 4.69) is 46.4 Å². The lowest BCUT2D eigenvalue weighted by molar-refractivity contribution is 0.303. The minimum atomic E-state index is -0.252. The Hall–Kier alpha value is -2.33. The van der Waals surface area contributed by atoms with Gasteiger partial charge in [-0.05, 0) is 75.9 Å². The normalized spacial score (nSPS) is 10.5. The molecular weight excluding hydrogens is 381 g/mol. The zero-order valence-electron chi connectivity index (χ0n) is 13.9. The maximum atomic E-state index is 13.2. The van der Waals surface area contributed by atoms with E-state index in [-0.39, 0.29) is 5.82 Å². The van der Waals surface area contributed by atoms with Crippen molar-refractivity contribution in [2.24, 2.45) is 0 Å². The zero-order chi connectivity index (χ0) is 17.6. The van der Waals surface area contributed by atoms with Crippen molar-refractivity contribution in [2.75, 3.05) is 5.32 Å². The van der Waals surface area contributed by atoms with Crippen LogP contribution in [0.1, 0.15) is 16.7 Å². The number of hydrogen-bond acceptors (Lipinski definition) is 2. The maximum Gasteiger partial charge on any atom is 0.134 e. The van der Waals surface area contributed by atoms with Gasteiger partial charge in [0.15, 0.2) is 0 Å². The molecule has 4 heteroatoms. The van der Waals surface area contributed by atoms with Gasteiger partial charge in [0.25, 0.3) is 0 Å². The highest BCUT2D eigenvalue weighted by Gasteiger charge is 2.04. The van der Waals surface area contributed by atoms with Crippen molar-refractivity contribution >= 4 is 21.6 Å². The van der Waals surface area contributed by atoms with Crippen LogP contribution in [0, 0.1) is 12.7 Å². The number of rotatable bonds is 6. The highest BCUT2D eigenvalue weighted by Crippen LogP contribution is 2.27. The molecule has 0 saturated carbocycles. The molecule has 0 heterocycles. The molecule has 128 valence electrons. The standard InChI is InChI=1S/C21H19BrFNO/c1-15-4-2-7-19(10-15)24-13-16-8-9-21(20(22)12-16)25-14-17-5-3-6-18(23)11-17/h2-12,24H,13-14H2,1H3. The largest absolute Gasteiger partial charge is 0.488 e. The summed E-state index contributed by atoms with van der Waals surface area (Å²) < 4.78 is 19.9. The summed E-state index contributed by atoms with van der Waals surface area (Å²) in [5.41, 5.74) is 4.28. The third-order valence-electron chi connectivity index (χ3n) is 3.79. The Morgan fingerprint density at radius 2 is 1.80 bits per heavy atom. The average molecular weight is 400 g/mol. The van der Waals surface area contributed by atoms with Crippen molar-refractivity contribution < 1.29 is 9.13 Å². The van der Waals surface area contributed by atoms with Crippen molar-refractivity contribution in [2.45, 2.75) is 20.1 Å². The lowest BCUT2D eigenvalue weighted by atomic mass is 10.2. The molecule has 0 amide bonds. The van der Waals surface area contributed by atoms with Crippen LogP contribution in [0.5, 0.6) is 5.75 Å². The molecule has 0 spiro atoms. The number of halogens is 2. The van der Waals surface area contributed by atoms with E-state index < -0.39 is 0 Å². The van der Waals surface area contributed by atoms with Gasteiger partial charge in [0, 0.05) is 12.2 Å². The van der Waals surface area contributed by atoms with Gasteiger partial charge in [-0.2, -0.15) is 0 Å². The summed E-state index contributed by atoms with van der Waals surface area (Å²) in [6, 6.07) is 20.7. The highest BCUT2D eigenvalue weighted by molar-refractivity contribution is 9.10. The molecule has 0 saturated heterocycles. The number of anilines is 1. The summed E-state index contributed by atoms with van der Waals surface area (Å²) in [5.74, 6) is 0.487. The third kappa shape index (κ3) is 5.07. The van der Waals surface area contributed by atoms with Crippen LogP contribution < -0.4 is 10.1 Å². The maximum absolute atomic E-state index is 13.2. The summed E-state index contributed by atoms with van der Waals surface area (Å²) in [5, 5.41) is 3.41. The zero-order valence-corrected chi connectivity index (χ0v) is 15.5. The first-order valence-corrected chi connectivity index (χ1v) is 8.86. The Morgan fingerprint density at radius 1 is 0.960 bits per heavy atom. The van der Waals surface area contributed by atoms with E-state index in [1.807, 2.05) is 30.3 Å². The lowest BCUT2D eigenvalue weighted by Crippen LogP contribution is -2.01. The van der Waals surface area contributed by atoms with Crippen LogP contribution in [0.2, 0.25) is 0 Å². The van der Waals surface area contributed by atoms with Crippen molar-refractivity contribution in [1.82, 2.24) is 0 Å². The second-order valence-electron chi connectivity index (χ2n) is 5.91. The lowest BCUT2D eigenvalue weighted by Gasteiger charge is -2.11.